The van der Waals surface area contributed by atoms with Crippen LogP contribution in [0.4, 0.5) is 11.4 Å². The van der Waals surface area contributed by atoms with Gasteiger partial charge in [-0.25, -0.2) is 0 Å². The lowest BCUT2D eigenvalue weighted by molar-refractivity contribution is -0.384. The maximum absolute atomic E-state index is 12.6. The summed E-state index contributed by atoms with van der Waals surface area (Å²) < 4.78 is 0.855. The highest BCUT2D eigenvalue weighted by Crippen LogP contribution is 2.31. The second-order valence-corrected chi connectivity index (χ2v) is 7.03. The lowest BCUT2D eigenvalue weighted by atomic mass is 10.1. The highest BCUT2D eigenvalue weighted by molar-refractivity contribution is 9.10. The Morgan fingerprint density at radius 3 is 2.48 bits per heavy atom. The molecule has 0 radical (unpaired) electrons. The molecule has 8 heteroatoms. The second-order valence-electron chi connectivity index (χ2n) is 5.68. The molecule has 0 unspecified atom stereocenters. The Balaban J connectivity index is 1.72. The predicted octanol–water partition coefficient (Wildman–Crippen LogP) is 3.97. The topological polar surface area (TPSA) is 66.7 Å². The summed E-state index contributed by atoms with van der Waals surface area (Å²) >= 11 is 9.23. The molecule has 0 aromatic heterocycles. The summed E-state index contributed by atoms with van der Waals surface area (Å²) in [4.78, 5) is 27.1. The Kier molecular flexibility index (Phi) is 5.24. The number of nitro groups is 1. The lowest BCUT2D eigenvalue weighted by Crippen LogP contribution is -2.49. The van der Waals surface area contributed by atoms with Crippen LogP contribution in [-0.4, -0.2) is 41.9 Å². The van der Waals surface area contributed by atoms with E-state index in [-0.39, 0.29) is 11.6 Å². The first-order valence-corrected chi connectivity index (χ1v) is 8.86. The normalized spacial score (nSPS) is 14.5. The van der Waals surface area contributed by atoms with E-state index in [9.17, 15) is 14.9 Å². The quantitative estimate of drug-likeness (QED) is 0.552. The number of piperazine rings is 1. The van der Waals surface area contributed by atoms with Gasteiger partial charge in [0.15, 0.2) is 0 Å². The molecule has 2 aromatic carbocycles. The van der Waals surface area contributed by atoms with Crippen LogP contribution < -0.4 is 4.90 Å². The molecule has 0 spiro atoms. The number of halogens is 2. The molecule has 1 aliphatic rings. The van der Waals surface area contributed by atoms with Crippen molar-refractivity contribution in [2.75, 3.05) is 31.1 Å². The Hall–Kier alpha value is -2.12. The van der Waals surface area contributed by atoms with Gasteiger partial charge in [0.1, 0.15) is 5.69 Å². The minimum Gasteiger partial charge on any atom is -0.362 e. The van der Waals surface area contributed by atoms with E-state index >= 15 is 0 Å². The van der Waals surface area contributed by atoms with Crippen LogP contribution in [0.1, 0.15) is 10.4 Å². The molecular formula is C17H15BrClN3O3. The number of benzene rings is 2. The molecule has 3 rings (SSSR count). The summed E-state index contributed by atoms with van der Waals surface area (Å²) in [5, 5.41) is 11.6. The number of nitrogens with zero attached hydrogens (tertiary/aromatic N) is 3. The van der Waals surface area contributed by atoms with E-state index in [1.807, 2.05) is 17.0 Å². The summed E-state index contributed by atoms with van der Waals surface area (Å²) in [6.07, 6.45) is 0. The van der Waals surface area contributed by atoms with E-state index in [0.29, 0.717) is 42.5 Å². The van der Waals surface area contributed by atoms with Crippen LogP contribution in [-0.2, 0) is 0 Å². The molecule has 0 atom stereocenters. The summed E-state index contributed by atoms with van der Waals surface area (Å²) in [5.41, 5.74) is 1.14. The van der Waals surface area contributed by atoms with Crippen molar-refractivity contribution >= 4 is 44.8 Å². The van der Waals surface area contributed by atoms with Gasteiger partial charge < -0.3 is 9.80 Å². The number of amides is 1. The minimum absolute atomic E-state index is 0.0146. The van der Waals surface area contributed by atoms with Crippen molar-refractivity contribution in [3.8, 4) is 0 Å². The van der Waals surface area contributed by atoms with Gasteiger partial charge in [-0.15, -0.1) is 0 Å². The van der Waals surface area contributed by atoms with E-state index in [2.05, 4.69) is 15.9 Å². The van der Waals surface area contributed by atoms with E-state index in [0.717, 1.165) is 4.47 Å². The zero-order chi connectivity index (χ0) is 18.0. The zero-order valence-corrected chi connectivity index (χ0v) is 15.5. The summed E-state index contributed by atoms with van der Waals surface area (Å²) in [6.45, 7) is 2.07. The van der Waals surface area contributed by atoms with E-state index in [1.165, 1.54) is 6.07 Å². The predicted molar refractivity (Wildman–Crippen MR) is 100 cm³/mol. The van der Waals surface area contributed by atoms with E-state index < -0.39 is 4.92 Å². The van der Waals surface area contributed by atoms with Crippen LogP contribution in [0.2, 0.25) is 5.02 Å². The number of carbonyl (C=O) groups is 1. The van der Waals surface area contributed by atoms with Crippen molar-refractivity contribution < 1.29 is 9.72 Å². The molecular weight excluding hydrogens is 410 g/mol. The largest absolute Gasteiger partial charge is 0.362 e. The number of nitro benzene ring substituents is 1. The summed E-state index contributed by atoms with van der Waals surface area (Å²) in [5.74, 6) is -0.0356. The molecule has 0 saturated carbocycles. The molecule has 1 fully saturated rings. The van der Waals surface area contributed by atoms with E-state index in [1.54, 1.807) is 29.2 Å². The third-order valence-electron chi connectivity index (χ3n) is 4.11. The van der Waals surface area contributed by atoms with Crippen molar-refractivity contribution in [2.24, 2.45) is 0 Å². The average Bonchev–Trinajstić information content (AvgIpc) is 2.61. The standard InChI is InChI=1S/C17H15BrClN3O3/c18-13-3-1-2-12(10-13)17(23)21-8-6-20(7-9-21)15-5-4-14(19)11-16(15)22(24)25/h1-5,10-11H,6-9H2. The van der Waals surface area contributed by atoms with Gasteiger partial charge in [0, 0.05) is 47.3 Å². The van der Waals surface area contributed by atoms with Gasteiger partial charge in [0.05, 0.1) is 4.92 Å². The third kappa shape index (κ3) is 3.93. The molecule has 0 bridgehead atoms. The minimum atomic E-state index is -0.430. The van der Waals surface area contributed by atoms with Crippen LogP contribution >= 0.6 is 27.5 Å². The first-order valence-electron chi connectivity index (χ1n) is 7.69. The van der Waals surface area contributed by atoms with Gasteiger partial charge in [0.25, 0.3) is 11.6 Å². The highest BCUT2D eigenvalue weighted by atomic mass is 79.9. The van der Waals surface area contributed by atoms with Crippen molar-refractivity contribution in [1.82, 2.24) is 4.90 Å². The molecule has 130 valence electrons. The number of rotatable bonds is 3. The molecule has 0 aliphatic carbocycles. The van der Waals surface area contributed by atoms with Crippen LogP contribution in [0, 0.1) is 10.1 Å². The van der Waals surface area contributed by atoms with Gasteiger partial charge in [-0.3, -0.25) is 14.9 Å². The maximum atomic E-state index is 12.6. The number of anilines is 1. The van der Waals surface area contributed by atoms with Crippen LogP contribution in [0.15, 0.2) is 46.9 Å². The molecule has 1 amide bonds. The Morgan fingerprint density at radius 2 is 1.84 bits per heavy atom. The van der Waals surface area contributed by atoms with Crippen molar-refractivity contribution in [3.63, 3.8) is 0 Å². The Bertz CT molecular complexity index is 823. The van der Waals surface area contributed by atoms with Gasteiger partial charge in [-0.1, -0.05) is 33.6 Å². The molecule has 6 nitrogen and oxygen atoms in total. The molecule has 0 N–H and O–H groups in total. The Labute approximate surface area is 158 Å². The van der Waals surface area contributed by atoms with Crippen molar-refractivity contribution in [3.05, 3.63) is 67.6 Å². The molecule has 1 heterocycles. The molecule has 1 aliphatic heterocycles. The van der Waals surface area contributed by atoms with Crippen LogP contribution in [0.3, 0.4) is 0 Å². The molecule has 2 aromatic rings. The fourth-order valence-corrected chi connectivity index (χ4v) is 3.43. The zero-order valence-electron chi connectivity index (χ0n) is 13.2. The van der Waals surface area contributed by atoms with Crippen molar-refractivity contribution in [1.29, 1.82) is 0 Å². The monoisotopic (exact) mass is 423 g/mol. The highest BCUT2D eigenvalue weighted by Gasteiger charge is 2.26. The fourth-order valence-electron chi connectivity index (χ4n) is 2.86. The number of hydrogen-bond donors (Lipinski definition) is 0. The SMILES string of the molecule is O=C(c1cccc(Br)c1)N1CCN(c2ccc(Cl)cc2[N+](=O)[O-])CC1. The van der Waals surface area contributed by atoms with Gasteiger partial charge >= 0.3 is 0 Å². The van der Waals surface area contributed by atoms with Crippen molar-refractivity contribution in [2.45, 2.75) is 0 Å². The second kappa shape index (κ2) is 7.41. The van der Waals surface area contributed by atoms with Crippen LogP contribution in [0.25, 0.3) is 0 Å². The Morgan fingerprint density at radius 1 is 1.12 bits per heavy atom. The van der Waals surface area contributed by atoms with Gasteiger partial charge in [0.2, 0.25) is 0 Å². The molecule has 1 saturated heterocycles. The lowest BCUT2D eigenvalue weighted by Gasteiger charge is -2.35. The summed E-state index contributed by atoms with van der Waals surface area (Å²) in [7, 11) is 0. The first kappa shape index (κ1) is 17.7. The third-order valence-corrected chi connectivity index (χ3v) is 4.84. The number of hydrogen-bond acceptors (Lipinski definition) is 4. The first-order chi connectivity index (χ1) is 12.0. The van der Waals surface area contributed by atoms with E-state index in [4.69, 9.17) is 11.6 Å². The van der Waals surface area contributed by atoms with Crippen LogP contribution in [0.5, 0.6) is 0 Å². The van der Waals surface area contributed by atoms with Gasteiger partial charge in [-0.2, -0.15) is 0 Å². The summed E-state index contributed by atoms with van der Waals surface area (Å²) in [6, 6.07) is 11.9. The van der Waals surface area contributed by atoms with Gasteiger partial charge in [-0.05, 0) is 30.3 Å². The smallest absolute Gasteiger partial charge is 0.294 e. The maximum Gasteiger partial charge on any atom is 0.294 e. The average molecular weight is 425 g/mol. The number of carbonyl (C=O) groups excluding carboxylic acids is 1. The fraction of sp³-hybridized carbons (Fsp3) is 0.235. The molecule has 25 heavy (non-hydrogen) atoms.